The summed E-state index contributed by atoms with van der Waals surface area (Å²) < 4.78 is 11.3. The number of ether oxygens (including phenoxy) is 2. The Bertz CT molecular complexity index is 1840. The summed E-state index contributed by atoms with van der Waals surface area (Å²) in [6.45, 7) is 8.34. The summed E-state index contributed by atoms with van der Waals surface area (Å²) in [5, 5.41) is 36.6. The van der Waals surface area contributed by atoms with Crippen LogP contribution in [0.1, 0.15) is 63.0 Å². The number of nitrogens with one attached hydrogen (secondary N) is 2. The number of carbonyl (C=O) groups excluding carboxylic acids is 1. The molecule has 1 amide bonds. The number of hydrogen-bond acceptors (Lipinski definition) is 10. The standard InChI is InChI=1S/C27H34ClN3O4.C12H14ClNO2.C6H11NO2/c28-21-6-8-22(9-7-21)31-13-3-4-20(17-31)27(33)29-23(18-30-11-1-2-12-30)26(32)19-5-10-24-25(16-19)35-15-14-34-24;13-10-3-5-11(6-4-10)14-7-1-2-9(8-14)12(15)16;8-6(9)5-2-1-3-7-4-5/h5-10,16,20,23,26,32H,1-4,11-15,17-18H2,(H,29,33);3-6,9H,1-2,7-8H2,(H,15,16);5,7H,1-4H2,(H,8,9)/t20?,23-,26-;;/m1../s1. The zero-order chi connectivity index (χ0) is 42.4. The molecule has 3 aromatic rings. The van der Waals surface area contributed by atoms with Crippen molar-refractivity contribution in [3.8, 4) is 11.5 Å². The van der Waals surface area contributed by atoms with Gasteiger partial charge in [0.2, 0.25) is 5.91 Å². The van der Waals surface area contributed by atoms with E-state index in [9.17, 15) is 19.5 Å². The van der Waals surface area contributed by atoms with Crippen LogP contribution in [-0.4, -0.2) is 116 Å². The molecule has 4 saturated heterocycles. The van der Waals surface area contributed by atoms with Crippen LogP contribution in [0.25, 0.3) is 0 Å². The molecule has 8 rings (SSSR count). The lowest BCUT2D eigenvalue weighted by atomic mass is 9.95. The van der Waals surface area contributed by atoms with Gasteiger partial charge in [0, 0.05) is 60.7 Å². The maximum Gasteiger partial charge on any atom is 0.308 e. The fourth-order valence-corrected chi connectivity index (χ4v) is 8.70. The van der Waals surface area contributed by atoms with Crippen LogP contribution in [0.4, 0.5) is 11.4 Å². The summed E-state index contributed by atoms with van der Waals surface area (Å²) >= 11 is 11.9. The Balaban J connectivity index is 0.000000197. The monoisotopic (exact) mass is 867 g/mol. The zero-order valence-corrected chi connectivity index (χ0v) is 35.7. The summed E-state index contributed by atoms with van der Waals surface area (Å²) in [5.41, 5.74) is 2.86. The predicted molar refractivity (Wildman–Crippen MR) is 234 cm³/mol. The van der Waals surface area contributed by atoms with E-state index in [2.05, 4.69) is 25.3 Å². The first-order chi connectivity index (χ1) is 29.0. The summed E-state index contributed by atoms with van der Waals surface area (Å²) in [6.07, 6.45) is 6.79. The number of fused-ring (bicyclic) bond motifs is 1. The van der Waals surface area contributed by atoms with Gasteiger partial charge in [-0.1, -0.05) is 29.3 Å². The molecule has 0 aromatic heterocycles. The number of aliphatic carboxylic acids is 2. The molecule has 5 N–H and O–H groups in total. The van der Waals surface area contributed by atoms with E-state index >= 15 is 0 Å². The third-order valence-electron chi connectivity index (χ3n) is 11.9. The van der Waals surface area contributed by atoms with Crippen molar-refractivity contribution in [2.24, 2.45) is 17.8 Å². The van der Waals surface area contributed by atoms with Gasteiger partial charge in [-0.2, -0.15) is 0 Å². The molecule has 15 heteroatoms. The minimum absolute atomic E-state index is 0.00412. The van der Waals surface area contributed by atoms with E-state index in [0.717, 1.165) is 101 Å². The van der Waals surface area contributed by atoms with E-state index in [-0.39, 0.29) is 23.7 Å². The number of anilines is 2. The number of hydrogen-bond donors (Lipinski definition) is 5. The molecular weight excluding hydrogens is 809 g/mol. The largest absolute Gasteiger partial charge is 0.486 e. The number of benzene rings is 3. The van der Waals surface area contributed by atoms with Gasteiger partial charge in [0.15, 0.2) is 11.5 Å². The topological polar surface area (TPSA) is 164 Å². The van der Waals surface area contributed by atoms with Crippen LogP contribution in [0.3, 0.4) is 0 Å². The number of aliphatic hydroxyl groups excluding tert-OH is 1. The molecule has 5 atom stereocenters. The van der Waals surface area contributed by atoms with E-state index < -0.39 is 24.1 Å². The van der Waals surface area contributed by atoms with Gasteiger partial charge in [-0.15, -0.1) is 0 Å². The molecule has 5 aliphatic heterocycles. The van der Waals surface area contributed by atoms with E-state index in [1.165, 1.54) is 0 Å². The normalized spacial score (nSPS) is 22.6. The summed E-state index contributed by atoms with van der Waals surface area (Å²) in [7, 11) is 0. The summed E-state index contributed by atoms with van der Waals surface area (Å²) in [6, 6.07) is 20.5. The van der Waals surface area contributed by atoms with Crippen molar-refractivity contribution in [2.75, 3.05) is 81.9 Å². The number of piperidine rings is 3. The Morgan fingerprint density at radius 1 is 0.700 bits per heavy atom. The van der Waals surface area contributed by atoms with Crippen LogP contribution in [0.5, 0.6) is 11.5 Å². The third kappa shape index (κ3) is 13.1. The van der Waals surface area contributed by atoms with Crippen LogP contribution >= 0.6 is 23.2 Å². The van der Waals surface area contributed by atoms with Gasteiger partial charge in [0.05, 0.1) is 23.8 Å². The second-order valence-electron chi connectivity index (χ2n) is 16.2. The van der Waals surface area contributed by atoms with Gasteiger partial charge in [-0.05, 0) is 137 Å². The number of nitrogens with zero attached hydrogens (tertiary/aromatic N) is 3. The Labute approximate surface area is 362 Å². The van der Waals surface area contributed by atoms with Gasteiger partial charge in [0.25, 0.3) is 0 Å². The van der Waals surface area contributed by atoms with Crippen molar-refractivity contribution < 1.29 is 39.2 Å². The highest BCUT2D eigenvalue weighted by molar-refractivity contribution is 6.30. The van der Waals surface area contributed by atoms with Gasteiger partial charge < -0.3 is 50.1 Å². The molecule has 326 valence electrons. The quantitative estimate of drug-likeness (QED) is 0.154. The molecule has 0 aliphatic carbocycles. The number of carboxylic acids is 2. The van der Waals surface area contributed by atoms with Crippen molar-refractivity contribution in [3.63, 3.8) is 0 Å². The molecule has 60 heavy (non-hydrogen) atoms. The smallest absolute Gasteiger partial charge is 0.308 e. The molecule has 13 nitrogen and oxygen atoms in total. The Morgan fingerprint density at radius 3 is 1.80 bits per heavy atom. The summed E-state index contributed by atoms with van der Waals surface area (Å²) in [5.74, 6) is -0.539. The van der Waals surface area contributed by atoms with Crippen molar-refractivity contribution in [2.45, 2.75) is 63.5 Å². The van der Waals surface area contributed by atoms with E-state index in [0.29, 0.717) is 60.9 Å². The molecule has 5 heterocycles. The zero-order valence-electron chi connectivity index (χ0n) is 34.2. The Hall–Kier alpha value is -4.27. The average molecular weight is 869 g/mol. The van der Waals surface area contributed by atoms with Crippen molar-refractivity contribution in [1.82, 2.24) is 15.5 Å². The highest BCUT2D eigenvalue weighted by Crippen LogP contribution is 2.34. The van der Waals surface area contributed by atoms with Gasteiger partial charge >= 0.3 is 11.9 Å². The number of halogens is 2. The van der Waals surface area contributed by atoms with Gasteiger partial charge in [-0.3, -0.25) is 14.4 Å². The second-order valence-corrected chi connectivity index (χ2v) is 17.1. The fourth-order valence-electron chi connectivity index (χ4n) is 8.45. The maximum atomic E-state index is 13.4. The molecule has 3 unspecified atom stereocenters. The average Bonchev–Trinajstić information content (AvgIpc) is 3.80. The minimum atomic E-state index is -0.841. The number of carboxylic acid groups (broad SMARTS) is 2. The molecule has 3 aromatic carbocycles. The number of rotatable bonds is 10. The summed E-state index contributed by atoms with van der Waals surface area (Å²) in [4.78, 5) is 41.4. The first-order valence-electron chi connectivity index (χ1n) is 21.3. The number of aliphatic hydroxyl groups is 1. The lowest BCUT2D eigenvalue weighted by Crippen LogP contribution is -2.51. The lowest BCUT2D eigenvalue weighted by Gasteiger charge is -2.35. The number of carbonyl (C=O) groups is 3. The van der Waals surface area contributed by atoms with Crippen LogP contribution in [0.15, 0.2) is 66.7 Å². The van der Waals surface area contributed by atoms with Gasteiger partial charge in [0.1, 0.15) is 19.3 Å². The molecule has 5 aliphatic rings. The van der Waals surface area contributed by atoms with Crippen LogP contribution < -0.4 is 29.9 Å². The SMILES string of the molecule is O=C(N[C@H](CN1CCCC1)[C@H](O)c1ccc2c(c1)OCCO2)C1CCCN(c2ccc(Cl)cc2)C1.O=C(O)C1CCCN(c2ccc(Cl)cc2)C1.O=C(O)C1CCCNC1. The molecule has 0 saturated carbocycles. The van der Waals surface area contributed by atoms with Crippen molar-refractivity contribution >= 4 is 52.4 Å². The van der Waals surface area contributed by atoms with E-state index in [1.807, 2.05) is 66.7 Å². The first-order valence-corrected chi connectivity index (χ1v) is 22.1. The molecule has 0 bridgehead atoms. The number of likely N-dealkylation sites (tertiary alicyclic amines) is 1. The predicted octanol–water partition coefficient (Wildman–Crippen LogP) is 6.35. The highest BCUT2D eigenvalue weighted by Gasteiger charge is 2.32. The van der Waals surface area contributed by atoms with Crippen LogP contribution in [-0.2, 0) is 14.4 Å². The van der Waals surface area contributed by atoms with E-state index in [1.54, 1.807) is 0 Å². The molecule has 4 fully saturated rings. The minimum Gasteiger partial charge on any atom is -0.486 e. The van der Waals surface area contributed by atoms with Crippen LogP contribution in [0.2, 0.25) is 10.0 Å². The van der Waals surface area contributed by atoms with Crippen LogP contribution in [0, 0.1) is 17.8 Å². The lowest BCUT2D eigenvalue weighted by molar-refractivity contribution is -0.143. The van der Waals surface area contributed by atoms with Gasteiger partial charge in [-0.25, -0.2) is 0 Å². The number of amides is 1. The Morgan fingerprint density at radius 2 is 1.25 bits per heavy atom. The maximum absolute atomic E-state index is 13.4. The molecule has 0 radical (unpaired) electrons. The highest BCUT2D eigenvalue weighted by atomic mass is 35.5. The van der Waals surface area contributed by atoms with Crippen molar-refractivity contribution in [3.05, 3.63) is 82.3 Å². The fraction of sp³-hybridized carbons (Fsp3) is 0.533. The third-order valence-corrected chi connectivity index (χ3v) is 12.4. The Kier molecular flexibility index (Phi) is 17.0. The molecule has 0 spiro atoms. The van der Waals surface area contributed by atoms with Crippen molar-refractivity contribution in [1.29, 1.82) is 0 Å². The molecular formula is C45H59Cl2N5O8. The van der Waals surface area contributed by atoms with E-state index in [4.69, 9.17) is 42.9 Å². The first kappa shape index (κ1) is 45.3. The second kappa shape index (κ2) is 22.5.